The van der Waals surface area contributed by atoms with Gasteiger partial charge in [0, 0.05) is 0 Å². The number of rotatable bonds is 4. The molecule has 0 unspecified atom stereocenters. The van der Waals surface area contributed by atoms with Gasteiger partial charge in [-0.1, -0.05) is 48.3 Å². The van der Waals surface area contributed by atoms with Gasteiger partial charge in [-0.05, 0) is 22.4 Å². The lowest BCUT2D eigenvalue weighted by Crippen LogP contribution is -1.63. The summed E-state index contributed by atoms with van der Waals surface area (Å²) in [6, 6.07) is 0. The maximum Gasteiger partial charge on any atom is 0.210 e. The van der Waals surface area contributed by atoms with Gasteiger partial charge >= 0.3 is 0 Å². The summed E-state index contributed by atoms with van der Waals surface area (Å²) in [7, 11) is 0. The van der Waals surface area contributed by atoms with Gasteiger partial charge in [-0.15, -0.1) is 0 Å². The summed E-state index contributed by atoms with van der Waals surface area (Å²) in [5.74, 6) is 0. The van der Waals surface area contributed by atoms with Crippen LogP contribution in [0, 0.1) is 0 Å². The summed E-state index contributed by atoms with van der Waals surface area (Å²) in [6.45, 7) is 7.13. The SMILES string of the molecule is C=CSc1oc(Cl)c(SC=C)c1Cl. The van der Waals surface area contributed by atoms with Crippen molar-refractivity contribution < 1.29 is 4.42 Å². The number of hydrogen-bond donors (Lipinski definition) is 0. The molecule has 1 rings (SSSR count). The predicted molar refractivity (Wildman–Crippen MR) is 60.8 cm³/mol. The first-order valence-electron chi connectivity index (χ1n) is 3.23. The van der Waals surface area contributed by atoms with E-state index in [4.69, 9.17) is 27.6 Å². The number of furan rings is 1. The highest BCUT2D eigenvalue weighted by Crippen LogP contribution is 2.43. The van der Waals surface area contributed by atoms with Gasteiger partial charge in [0.15, 0.2) is 5.09 Å². The van der Waals surface area contributed by atoms with Crippen LogP contribution in [0.5, 0.6) is 0 Å². The normalized spacial score (nSPS) is 10.0. The van der Waals surface area contributed by atoms with E-state index in [2.05, 4.69) is 13.2 Å². The molecule has 0 fully saturated rings. The monoisotopic (exact) mass is 252 g/mol. The van der Waals surface area contributed by atoms with Gasteiger partial charge in [0.25, 0.3) is 0 Å². The molecule has 1 aromatic rings. The first-order valence-corrected chi connectivity index (χ1v) is 5.75. The highest BCUT2D eigenvalue weighted by molar-refractivity contribution is 8.03. The minimum atomic E-state index is 0.291. The Kier molecular flexibility index (Phi) is 4.32. The molecule has 0 atom stereocenters. The lowest BCUT2D eigenvalue weighted by Gasteiger charge is -1.90. The van der Waals surface area contributed by atoms with Crippen molar-refractivity contribution in [2.75, 3.05) is 0 Å². The van der Waals surface area contributed by atoms with Crippen LogP contribution in [0.3, 0.4) is 0 Å². The van der Waals surface area contributed by atoms with Crippen molar-refractivity contribution in [3.05, 3.63) is 34.2 Å². The fourth-order valence-electron chi connectivity index (χ4n) is 0.684. The fourth-order valence-corrected chi connectivity index (χ4v) is 2.53. The van der Waals surface area contributed by atoms with Gasteiger partial charge in [0.1, 0.15) is 5.02 Å². The summed E-state index contributed by atoms with van der Waals surface area (Å²) in [6.07, 6.45) is 0. The van der Waals surface area contributed by atoms with Crippen LogP contribution >= 0.6 is 46.7 Å². The Labute approximate surface area is 95.2 Å². The standard InChI is InChI=1S/C8H6Cl2OS2/c1-3-12-6-5(9)8(13-4-2)11-7(6)10/h3-4H,1-2H2. The zero-order valence-electron chi connectivity index (χ0n) is 6.55. The van der Waals surface area contributed by atoms with E-state index >= 15 is 0 Å². The number of halogens is 2. The molecule has 0 saturated heterocycles. The molecule has 70 valence electrons. The van der Waals surface area contributed by atoms with Crippen molar-refractivity contribution in [3.8, 4) is 0 Å². The Hall–Kier alpha value is 0.0400. The number of hydrogen-bond acceptors (Lipinski definition) is 3. The first kappa shape index (κ1) is 11.1. The van der Waals surface area contributed by atoms with E-state index in [0.717, 1.165) is 0 Å². The highest BCUT2D eigenvalue weighted by atomic mass is 35.5. The second kappa shape index (κ2) is 5.05. The second-order valence-electron chi connectivity index (χ2n) is 1.88. The molecular formula is C8H6Cl2OS2. The van der Waals surface area contributed by atoms with Gasteiger partial charge in [0.05, 0.1) is 4.90 Å². The lowest BCUT2D eigenvalue weighted by molar-refractivity contribution is 0.475. The van der Waals surface area contributed by atoms with Gasteiger partial charge < -0.3 is 4.42 Å². The van der Waals surface area contributed by atoms with Crippen LogP contribution < -0.4 is 0 Å². The molecule has 0 saturated carbocycles. The van der Waals surface area contributed by atoms with Crippen molar-refractivity contribution >= 4 is 46.7 Å². The van der Waals surface area contributed by atoms with Crippen LogP contribution in [0.4, 0.5) is 0 Å². The molecular weight excluding hydrogens is 247 g/mol. The van der Waals surface area contributed by atoms with Crippen molar-refractivity contribution in [2.45, 2.75) is 9.99 Å². The van der Waals surface area contributed by atoms with E-state index in [-0.39, 0.29) is 0 Å². The zero-order chi connectivity index (χ0) is 9.84. The molecule has 0 bridgehead atoms. The largest absolute Gasteiger partial charge is 0.435 e. The third kappa shape index (κ3) is 2.50. The third-order valence-electron chi connectivity index (χ3n) is 1.13. The van der Waals surface area contributed by atoms with E-state index in [9.17, 15) is 0 Å². The van der Waals surface area contributed by atoms with Crippen LogP contribution in [-0.4, -0.2) is 0 Å². The highest BCUT2D eigenvalue weighted by Gasteiger charge is 2.16. The molecule has 1 nitrogen and oxygen atoms in total. The molecule has 0 N–H and O–H groups in total. The average molecular weight is 253 g/mol. The van der Waals surface area contributed by atoms with Gasteiger partial charge in [-0.25, -0.2) is 0 Å². The minimum Gasteiger partial charge on any atom is -0.435 e. The average Bonchev–Trinajstić information content (AvgIpc) is 2.34. The predicted octanol–water partition coefficient (Wildman–Crippen LogP) is 5.06. The molecule has 5 heteroatoms. The second-order valence-corrected chi connectivity index (χ2v) is 4.51. The number of thioether (sulfide) groups is 2. The summed E-state index contributed by atoms with van der Waals surface area (Å²) >= 11 is 14.4. The van der Waals surface area contributed by atoms with E-state index in [0.29, 0.717) is 20.2 Å². The summed E-state index contributed by atoms with van der Waals surface area (Å²) in [5, 5.41) is 4.64. The molecule has 0 aliphatic rings. The van der Waals surface area contributed by atoms with Crippen LogP contribution in [0.1, 0.15) is 0 Å². The van der Waals surface area contributed by atoms with E-state index in [1.807, 2.05) is 0 Å². The maximum atomic E-state index is 5.97. The molecule has 1 heterocycles. The molecule has 0 aliphatic carbocycles. The Morgan fingerprint density at radius 2 is 1.77 bits per heavy atom. The Morgan fingerprint density at radius 1 is 1.15 bits per heavy atom. The Bertz CT molecular complexity index is 333. The molecule has 0 spiro atoms. The summed E-state index contributed by atoms with van der Waals surface area (Å²) in [5.41, 5.74) is 0. The van der Waals surface area contributed by atoms with Crippen LogP contribution in [0.25, 0.3) is 0 Å². The maximum absolute atomic E-state index is 5.97. The smallest absolute Gasteiger partial charge is 0.210 e. The molecule has 0 amide bonds. The van der Waals surface area contributed by atoms with Crippen LogP contribution in [0.2, 0.25) is 10.2 Å². The Balaban J connectivity index is 3.05. The first-order chi connectivity index (χ1) is 6.20. The van der Waals surface area contributed by atoms with E-state index < -0.39 is 0 Å². The van der Waals surface area contributed by atoms with Crippen LogP contribution in [-0.2, 0) is 0 Å². The van der Waals surface area contributed by atoms with Gasteiger partial charge in [-0.2, -0.15) is 0 Å². The minimum absolute atomic E-state index is 0.291. The lowest BCUT2D eigenvalue weighted by atomic mass is 10.6. The quantitative estimate of drug-likeness (QED) is 0.696. The van der Waals surface area contributed by atoms with E-state index in [1.165, 1.54) is 23.5 Å². The van der Waals surface area contributed by atoms with Crippen molar-refractivity contribution in [1.29, 1.82) is 0 Å². The zero-order valence-corrected chi connectivity index (χ0v) is 9.69. The van der Waals surface area contributed by atoms with Gasteiger partial charge in [-0.3, -0.25) is 0 Å². The van der Waals surface area contributed by atoms with E-state index in [1.54, 1.807) is 10.8 Å². The fraction of sp³-hybridized carbons (Fsp3) is 0. The molecule has 0 aliphatic heterocycles. The van der Waals surface area contributed by atoms with Crippen LogP contribution in [0.15, 0.2) is 38.4 Å². The van der Waals surface area contributed by atoms with Crippen molar-refractivity contribution in [2.24, 2.45) is 0 Å². The van der Waals surface area contributed by atoms with Crippen molar-refractivity contribution in [3.63, 3.8) is 0 Å². The summed E-state index contributed by atoms with van der Waals surface area (Å²) < 4.78 is 5.19. The van der Waals surface area contributed by atoms with Gasteiger partial charge in [0.2, 0.25) is 5.22 Å². The van der Waals surface area contributed by atoms with Crippen molar-refractivity contribution in [1.82, 2.24) is 0 Å². The molecule has 13 heavy (non-hydrogen) atoms. The Morgan fingerprint density at radius 3 is 2.31 bits per heavy atom. The summed E-state index contributed by atoms with van der Waals surface area (Å²) in [4.78, 5) is 0.697. The topological polar surface area (TPSA) is 13.1 Å². The molecule has 0 radical (unpaired) electrons. The molecule has 1 aromatic heterocycles. The third-order valence-corrected chi connectivity index (χ3v) is 3.55. The molecule has 0 aromatic carbocycles.